The number of nitrogens with zero attached hydrogens (tertiary/aromatic N) is 3. The Morgan fingerprint density at radius 3 is 2.87 bits per heavy atom. The van der Waals surface area contributed by atoms with Gasteiger partial charge in [0.2, 0.25) is 0 Å². The van der Waals surface area contributed by atoms with E-state index in [2.05, 4.69) is 23.9 Å². The molecule has 2 aliphatic rings. The van der Waals surface area contributed by atoms with Crippen LogP contribution in [0.15, 0.2) is 23.0 Å². The maximum absolute atomic E-state index is 12.5. The fourth-order valence-electron chi connectivity index (χ4n) is 3.54. The van der Waals surface area contributed by atoms with Gasteiger partial charge in [0, 0.05) is 38.8 Å². The highest BCUT2D eigenvalue weighted by Crippen LogP contribution is 2.24. The van der Waals surface area contributed by atoms with E-state index < -0.39 is 0 Å². The number of furan rings is 1. The van der Waals surface area contributed by atoms with Gasteiger partial charge in [-0.25, -0.2) is 0 Å². The summed E-state index contributed by atoms with van der Waals surface area (Å²) >= 11 is 0. The molecule has 3 rings (SSSR count). The molecule has 1 amide bonds. The third kappa shape index (κ3) is 3.94. The fraction of sp³-hybridized carbons (Fsp3) is 0.706. The second-order valence-corrected chi connectivity index (χ2v) is 6.70. The van der Waals surface area contributed by atoms with Crippen LogP contribution in [-0.2, 0) is 4.74 Å². The van der Waals surface area contributed by atoms with Crippen LogP contribution in [0.2, 0.25) is 0 Å². The molecule has 0 saturated carbocycles. The Morgan fingerprint density at radius 2 is 2.13 bits per heavy atom. The van der Waals surface area contributed by atoms with Gasteiger partial charge in [-0.05, 0) is 33.0 Å². The third-order valence-corrected chi connectivity index (χ3v) is 4.88. The lowest BCUT2D eigenvalue weighted by Crippen LogP contribution is -2.52. The predicted molar refractivity (Wildman–Crippen MR) is 87.5 cm³/mol. The smallest absolute Gasteiger partial charge is 0.257 e. The van der Waals surface area contributed by atoms with E-state index in [1.165, 1.54) is 6.26 Å². The molecular formula is C17H27N3O3. The van der Waals surface area contributed by atoms with Crippen LogP contribution in [0.3, 0.4) is 0 Å². The summed E-state index contributed by atoms with van der Waals surface area (Å²) in [5.41, 5.74) is 0.639. The van der Waals surface area contributed by atoms with Gasteiger partial charge < -0.3 is 19.0 Å². The molecule has 0 aliphatic carbocycles. The van der Waals surface area contributed by atoms with Crippen molar-refractivity contribution < 1.29 is 13.9 Å². The van der Waals surface area contributed by atoms with E-state index >= 15 is 0 Å². The number of likely N-dealkylation sites (N-methyl/N-ethyl adjacent to an activating group) is 1. The molecule has 6 nitrogen and oxygen atoms in total. The normalized spacial score (nSPS) is 26.1. The van der Waals surface area contributed by atoms with Crippen LogP contribution < -0.4 is 0 Å². The van der Waals surface area contributed by atoms with E-state index in [1.807, 2.05) is 4.90 Å². The third-order valence-electron chi connectivity index (χ3n) is 4.88. The van der Waals surface area contributed by atoms with Gasteiger partial charge in [0.25, 0.3) is 5.91 Å². The number of likely N-dealkylation sites (tertiary alicyclic amines) is 1. The van der Waals surface area contributed by atoms with Crippen molar-refractivity contribution in [1.82, 2.24) is 14.7 Å². The summed E-state index contributed by atoms with van der Waals surface area (Å²) in [5.74, 6) is 0.0669. The van der Waals surface area contributed by atoms with Gasteiger partial charge in [0.05, 0.1) is 24.5 Å². The first-order valence-electron chi connectivity index (χ1n) is 8.47. The van der Waals surface area contributed by atoms with Crippen molar-refractivity contribution >= 4 is 5.91 Å². The van der Waals surface area contributed by atoms with Gasteiger partial charge >= 0.3 is 0 Å². The summed E-state index contributed by atoms with van der Waals surface area (Å²) in [5, 5.41) is 0. The monoisotopic (exact) mass is 321 g/mol. The maximum Gasteiger partial charge on any atom is 0.257 e. The molecule has 3 heterocycles. The average molecular weight is 321 g/mol. The van der Waals surface area contributed by atoms with Crippen molar-refractivity contribution in [2.75, 3.05) is 53.4 Å². The van der Waals surface area contributed by atoms with Gasteiger partial charge in [-0.3, -0.25) is 9.69 Å². The van der Waals surface area contributed by atoms with Gasteiger partial charge in [-0.1, -0.05) is 0 Å². The molecule has 0 N–H and O–H groups in total. The molecule has 0 aromatic carbocycles. The molecule has 2 fully saturated rings. The lowest BCUT2D eigenvalue weighted by Gasteiger charge is -2.40. The summed E-state index contributed by atoms with van der Waals surface area (Å²) in [4.78, 5) is 19.2. The van der Waals surface area contributed by atoms with Crippen molar-refractivity contribution in [3.63, 3.8) is 0 Å². The molecule has 0 bridgehead atoms. The number of carbonyl (C=O) groups is 1. The Labute approximate surface area is 138 Å². The minimum absolute atomic E-state index is 0.0669. The Balaban J connectivity index is 1.63. The molecule has 23 heavy (non-hydrogen) atoms. The van der Waals surface area contributed by atoms with Crippen molar-refractivity contribution in [1.29, 1.82) is 0 Å². The Hall–Kier alpha value is -1.37. The van der Waals surface area contributed by atoms with Gasteiger partial charge in [0.15, 0.2) is 0 Å². The van der Waals surface area contributed by atoms with Crippen molar-refractivity contribution in [3.8, 4) is 0 Å². The SMILES string of the molecule is CN(C)CCN1CCO[C@@H]2CCN(C(=O)c3ccoc3)CC[C@H]21. The molecule has 6 heteroatoms. The summed E-state index contributed by atoms with van der Waals surface area (Å²) in [6.07, 6.45) is 5.21. The van der Waals surface area contributed by atoms with Crippen LogP contribution >= 0.6 is 0 Å². The van der Waals surface area contributed by atoms with Crippen molar-refractivity contribution in [2.24, 2.45) is 0 Å². The van der Waals surface area contributed by atoms with Crippen LogP contribution in [0.25, 0.3) is 0 Å². The summed E-state index contributed by atoms with van der Waals surface area (Å²) in [6.45, 7) is 5.45. The zero-order chi connectivity index (χ0) is 16.2. The van der Waals surface area contributed by atoms with E-state index in [9.17, 15) is 4.79 Å². The first-order chi connectivity index (χ1) is 11.1. The fourth-order valence-corrected chi connectivity index (χ4v) is 3.54. The number of amides is 1. The van der Waals surface area contributed by atoms with E-state index in [-0.39, 0.29) is 12.0 Å². The lowest BCUT2D eigenvalue weighted by molar-refractivity contribution is -0.0724. The predicted octanol–water partition coefficient (Wildman–Crippen LogP) is 1.15. The average Bonchev–Trinajstić information content (AvgIpc) is 2.99. The number of rotatable bonds is 4. The minimum Gasteiger partial charge on any atom is -0.472 e. The lowest BCUT2D eigenvalue weighted by atomic mass is 10.0. The molecule has 2 saturated heterocycles. The van der Waals surface area contributed by atoms with Crippen molar-refractivity contribution in [2.45, 2.75) is 25.0 Å². The Morgan fingerprint density at radius 1 is 1.30 bits per heavy atom. The van der Waals surface area contributed by atoms with Crippen LogP contribution in [-0.4, -0.2) is 86.2 Å². The number of hydrogen-bond acceptors (Lipinski definition) is 5. The molecular weight excluding hydrogens is 294 g/mol. The second kappa shape index (κ2) is 7.47. The standard InChI is InChI=1S/C17H27N3O3/c1-18(2)8-9-19-10-12-23-16-4-7-20(6-3-15(16)19)17(21)14-5-11-22-13-14/h5,11,13,15-16H,3-4,6-10,12H2,1-2H3/t15-,16-/m1/s1. The highest BCUT2D eigenvalue weighted by Gasteiger charge is 2.35. The van der Waals surface area contributed by atoms with Crippen LogP contribution in [0.4, 0.5) is 0 Å². The van der Waals surface area contributed by atoms with E-state index in [0.717, 1.165) is 52.2 Å². The van der Waals surface area contributed by atoms with Crippen LogP contribution in [0, 0.1) is 0 Å². The molecule has 0 spiro atoms. The second-order valence-electron chi connectivity index (χ2n) is 6.70. The highest BCUT2D eigenvalue weighted by atomic mass is 16.5. The molecule has 2 atom stereocenters. The zero-order valence-electron chi connectivity index (χ0n) is 14.1. The summed E-state index contributed by atoms with van der Waals surface area (Å²) in [6, 6.07) is 2.16. The highest BCUT2D eigenvalue weighted by molar-refractivity contribution is 5.93. The molecule has 128 valence electrons. The van der Waals surface area contributed by atoms with Gasteiger partial charge in [0.1, 0.15) is 6.26 Å². The zero-order valence-corrected chi connectivity index (χ0v) is 14.1. The quantitative estimate of drug-likeness (QED) is 0.832. The molecule has 0 radical (unpaired) electrons. The minimum atomic E-state index is 0.0669. The first-order valence-corrected chi connectivity index (χ1v) is 8.47. The first kappa shape index (κ1) is 16.5. The summed E-state index contributed by atoms with van der Waals surface area (Å²) < 4.78 is 11.0. The Kier molecular flexibility index (Phi) is 5.35. The number of carbonyl (C=O) groups excluding carboxylic acids is 1. The molecule has 1 aromatic rings. The summed E-state index contributed by atoms with van der Waals surface area (Å²) in [7, 11) is 4.21. The van der Waals surface area contributed by atoms with Gasteiger partial charge in [-0.15, -0.1) is 0 Å². The molecule has 2 aliphatic heterocycles. The largest absolute Gasteiger partial charge is 0.472 e. The van der Waals surface area contributed by atoms with Crippen LogP contribution in [0.5, 0.6) is 0 Å². The maximum atomic E-state index is 12.5. The van der Waals surface area contributed by atoms with Gasteiger partial charge in [-0.2, -0.15) is 0 Å². The van der Waals surface area contributed by atoms with Crippen LogP contribution in [0.1, 0.15) is 23.2 Å². The van der Waals surface area contributed by atoms with E-state index in [1.54, 1.807) is 12.3 Å². The Bertz CT molecular complexity index is 503. The number of morpholine rings is 1. The van der Waals surface area contributed by atoms with Crippen molar-refractivity contribution in [3.05, 3.63) is 24.2 Å². The molecule has 0 unspecified atom stereocenters. The number of ether oxygens (including phenoxy) is 1. The molecule has 1 aromatic heterocycles. The number of hydrogen-bond donors (Lipinski definition) is 0. The topological polar surface area (TPSA) is 49.2 Å². The van der Waals surface area contributed by atoms with E-state index in [4.69, 9.17) is 9.15 Å². The van der Waals surface area contributed by atoms with E-state index in [0.29, 0.717) is 11.6 Å². The number of fused-ring (bicyclic) bond motifs is 1.